The van der Waals surface area contributed by atoms with Crippen LogP contribution in [0.25, 0.3) is 22.3 Å². The summed E-state index contributed by atoms with van der Waals surface area (Å²) in [5.41, 5.74) is 3.63. The average molecular weight is 392 g/mol. The molecule has 0 saturated heterocycles. The topological polar surface area (TPSA) is 78.1 Å². The molecule has 28 heavy (non-hydrogen) atoms. The van der Waals surface area contributed by atoms with E-state index in [0.717, 1.165) is 11.1 Å². The molecule has 1 atom stereocenters. The first kappa shape index (κ1) is 19.7. The highest BCUT2D eigenvalue weighted by Crippen LogP contribution is 2.46. The molecule has 142 valence electrons. The van der Waals surface area contributed by atoms with Crippen molar-refractivity contribution < 1.29 is 14.1 Å². The summed E-state index contributed by atoms with van der Waals surface area (Å²) in [7, 11) is 1.65. The Morgan fingerprint density at radius 2 is 1.93 bits per heavy atom. The van der Waals surface area contributed by atoms with Crippen LogP contribution in [0.1, 0.15) is 30.4 Å². The van der Waals surface area contributed by atoms with E-state index in [1.165, 1.54) is 4.57 Å². The number of nitriles is 1. The highest BCUT2D eigenvalue weighted by molar-refractivity contribution is 7.91. The summed E-state index contributed by atoms with van der Waals surface area (Å²) in [6, 6.07) is 17.5. The van der Waals surface area contributed by atoms with Gasteiger partial charge >= 0.3 is 5.97 Å². The van der Waals surface area contributed by atoms with Crippen LogP contribution in [0.2, 0.25) is 0 Å². The Balaban J connectivity index is 0.00000225. The minimum absolute atomic E-state index is 0. The summed E-state index contributed by atoms with van der Waals surface area (Å²) in [6.45, 7) is 1.95. The second kappa shape index (κ2) is 7.55. The SMILES string of the molecule is C.CCOC(=O)c1c2c(C#N)c(n1C)[S+]([O-])c1cc(-c3ccccc3)ccc1-2. The molecule has 1 aliphatic heterocycles. The first-order valence-electron chi connectivity index (χ1n) is 8.50. The van der Waals surface area contributed by atoms with Crippen LogP contribution >= 0.6 is 0 Å². The maximum absolute atomic E-state index is 13.2. The van der Waals surface area contributed by atoms with E-state index in [2.05, 4.69) is 6.07 Å². The zero-order valence-electron chi connectivity index (χ0n) is 14.9. The van der Waals surface area contributed by atoms with Crippen LogP contribution in [0.4, 0.5) is 0 Å². The molecule has 1 unspecified atom stereocenters. The molecule has 4 rings (SSSR count). The minimum Gasteiger partial charge on any atom is -0.605 e. The van der Waals surface area contributed by atoms with E-state index in [1.807, 2.05) is 48.5 Å². The Labute approximate surface area is 167 Å². The van der Waals surface area contributed by atoms with Crippen LogP contribution < -0.4 is 0 Å². The largest absolute Gasteiger partial charge is 0.605 e. The molecule has 0 radical (unpaired) electrons. The van der Waals surface area contributed by atoms with Crippen molar-refractivity contribution >= 4 is 17.1 Å². The number of esters is 1. The zero-order valence-corrected chi connectivity index (χ0v) is 15.7. The standard InChI is InChI=1S/C21H16N2O3S.CH4/c1-3-26-21(24)19-18-15-10-9-14(13-7-5-4-6-8-13)11-17(15)27(25)20(23(19)2)16(18)12-22;/h4-11H,3H2,1-2H3;1H4. The molecule has 5 nitrogen and oxygen atoms in total. The van der Waals surface area contributed by atoms with Crippen LogP contribution in [-0.2, 0) is 23.0 Å². The average Bonchev–Trinajstić information content (AvgIpc) is 2.95. The van der Waals surface area contributed by atoms with Crippen LogP contribution in [0.5, 0.6) is 0 Å². The van der Waals surface area contributed by atoms with Gasteiger partial charge in [-0.05, 0) is 24.1 Å². The Bertz CT molecular complexity index is 1100. The van der Waals surface area contributed by atoms with E-state index in [4.69, 9.17) is 4.74 Å². The maximum Gasteiger partial charge on any atom is 0.355 e. The second-order valence-electron chi connectivity index (χ2n) is 6.14. The molecule has 6 heteroatoms. The summed E-state index contributed by atoms with van der Waals surface area (Å²) in [6.07, 6.45) is 0. The lowest BCUT2D eigenvalue weighted by Crippen LogP contribution is -2.13. The second-order valence-corrected chi connectivity index (χ2v) is 7.50. The number of aromatic nitrogens is 1. The van der Waals surface area contributed by atoms with Gasteiger partial charge in [-0.2, -0.15) is 5.26 Å². The lowest BCUT2D eigenvalue weighted by atomic mass is 9.97. The van der Waals surface area contributed by atoms with Gasteiger partial charge in [0.25, 0.3) is 0 Å². The van der Waals surface area contributed by atoms with Crippen molar-refractivity contribution in [1.82, 2.24) is 4.57 Å². The van der Waals surface area contributed by atoms with E-state index in [-0.39, 0.29) is 25.3 Å². The third-order valence-corrected chi connectivity index (χ3v) is 6.22. The van der Waals surface area contributed by atoms with Gasteiger partial charge in [0.05, 0.1) is 6.61 Å². The number of hydrogen-bond acceptors (Lipinski definition) is 4. The van der Waals surface area contributed by atoms with Crippen molar-refractivity contribution in [2.75, 3.05) is 6.61 Å². The van der Waals surface area contributed by atoms with Gasteiger partial charge < -0.3 is 9.29 Å². The summed E-state index contributed by atoms with van der Waals surface area (Å²) < 4.78 is 19.9. The van der Waals surface area contributed by atoms with Crippen molar-refractivity contribution in [3.8, 4) is 28.3 Å². The van der Waals surface area contributed by atoms with Crippen molar-refractivity contribution in [2.24, 2.45) is 7.05 Å². The lowest BCUT2D eigenvalue weighted by Gasteiger charge is -2.17. The van der Waals surface area contributed by atoms with Gasteiger partial charge in [-0.3, -0.25) is 4.57 Å². The molecule has 0 amide bonds. The van der Waals surface area contributed by atoms with Crippen molar-refractivity contribution in [3.63, 3.8) is 0 Å². The highest BCUT2D eigenvalue weighted by atomic mass is 32.2. The third kappa shape index (κ3) is 2.80. The summed E-state index contributed by atoms with van der Waals surface area (Å²) in [5.74, 6) is -0.519. The molecular formula is C22H20N2O3S. The maximum atomic E-state index is 13.2. The molecule has 2 bridgehead atoms. The Hall–Kier alpha value is -3.01. The van der Waals surface area contributed by atoms with Crippen molar-refractivity contribution in [3.05, 3.63) is 59.8 Å². The van der Waals surface area contributed by atoms with E-state index in [9.17, 15) is 14.6 Å². The monoisotopic (exact) mass is 392 g/mol. The van der Waals surface area contributed by atoms with E-state index in [0.29, 0.717) is 21.0 Å². The quantitative estimate of drug-likeness (QED) is 0.485. The number of ether oxygens (including phenoxy) is 1. The molecule has 2 aromatic carbocycles. The molecule has 0 saturated carbocycles. The number of fused-ring (bicyclic) bond motifs is 4. The molecule has 1 aliphatic rings. The molecular weight excluding hydrogens is 372 g/mol. The highest BCUT2D eigenvalue weighted by Gasteiger charge is 2.41. The molecule has 0 aliphatic carbocycles. The fourth-order valence-corrected chi connectivity index (χ4v) is 4.97. The number of hydrogen-bond donors (Lipinski definition) is 0. The van der Waals surface area contributed by atoms with Crippen LogP contribution in [0.3, 0.4) is 0 Å². The molecule has 0 spiro atoms. The molecule has 2 heterocycles. The number of carbonyl (C=O) groups excluding carboxylic acids is 1. The number of nitrogens with zero attached hydrogens (tertiary/aromatic N) is 2. The normalized spacial score (nSPS) is 13.9. The van der Waals surface area contributed by atoms with Crippen LogP contribution in [-0.4, -0.2) is 21.7 Å². The number of rotatable bonds is 3. The molecule has 3 aromatic rings. The molecule has 0 N–H and O–H groups in total. The van der Waals surface area contributed by atoms with Gasteiger partial charge in [0.1, 0.15) is 17.3 Å². The van der Waals surface area contributed by atoms with Crippen molar-refractivity contribution in [2.45, 2.75) is 24.3 Å². The smallest absolute Gasteiger partial charge is 0.355 e. The number of carbonyl (C=O) groups is 1. The van der Waals surface area contributed by atoms with Gasteiger partial charge in [-0.15, -0.1) is 0 Å². The Morgan fingerprint density at radius 3 is 2.57 bits per heavy atom. The van der Waals surface area contributed by atoms with E-state index >= 15 is 0 Å². The Kier molecular flexibility index (Phi) is 5.32. The molecule has 0 fully saturated rings. The van der Waals surface area contributed by atoms with Gasteiger partial charge in [-0.1, -0.05) is 43.8 Å². The first-order valence-corrected chi connectivity index (χ1v) is 9.65. The van der Waals surface area contributed by atoms with E-state index in [1.54, 1.807) is 14.0 Å². The van der Waals surface area contributed by atoms with Crippen molar-refractivity contribution in [1.29, 1.82) is 5.26 Å². The fourth-order valence-electron chi connectivity index (χ4n) is 3.48. The predicted octanol–water partition coefficient (Wildman–Crippen LogP) is 4.52. The third-order valence-electron chi connectivity index (χ3n) is 4.65. The summed E-state index contributed by atoms with van der Waals surface area (Å²) >= 11 is -1.56. The lowest BCUT2D eigenvalue weighted by molar-refractivity contribution is 0.0515. The molecule has 1 aromatic heterocycles. The van der Waals surface area contributed by atoms with Gasteiger partial charge in [0.15, 0.2) is 4.90 Å². The van der Waals surface area contributed by atoms with E-state index < -0.39 is 17.1 Å². The summed E-state index contributed by atoms with van der Waals surface area (Å²) in [4.78, 5) is 13.1. The van der Waals surface area contributed by atoms with Crippen LogP contribution in [0.15, 0.2) is 58.5 Å². The fraction of sp³-hybridized carbons (Fsp3) is 0.182. The Morgan fingerprint density at radius 1 is 1.21 bits per heavy atom. The predicted molar refractivity (Wildman–Crippen MR) is 108 cm³/mol. The first-order chi connectivity index (χ1) is 13.1. The van der Waals surface area contributed by atoms with Gasteiger partial charge in [0, 0.05) is 35.4 Å². The van der Waals surface area contributed by atoms with Gasteiger partial charge in [0.2, 0.25) is 5.03 Å². The van der Waals surface area contributed by atoms with Crippen LogP contribution in [0, 0.1) is 11.3 Å². The minimum atomic E-state index is -1.56. The van der Waals surface area contributed by atoms with Gasteiger partial charge in [-0.25, -0.2) is 4.79 Å². The number of benzene rings is 2. The summed E-state index contributed by atoms with van der Waals surface area (Å²) in [5, 5.41) is 9.98. The zero-order chi connectivity index (χ0) is 19.1.